The fraction of sp³-hybridized carbons (Fsp3) is 0.522. The molecule has 5 rings (SSSR count). The van der Waals surface area contributed by atoms with Gasteiger partial charge in [0.25, 0.3) is 5.91 Å². The molecule has 31 heavy (non-hydrogen) atoms. The molecule has 3 aromatic rings. The summed E-state index contributed by atoms with van der Waals surface area (Å²) in [6.07, 6.45) is 4.16. The lowest BCUT2D eigenvalue weighted by atomic mass is 9.99. The Morgan fingerprint density at radius 2 is 1.87 bits per heavy atom. The molecule has 2 fully saturated rings. The Bertz CT molecular complexity index is 1080. The normalized spacial score (nSPS) is 22.9. The number of morpholine rings is 1. The predicted molar refractivity (Wildman–Crippen MR) is 122 cm³/mol. The number of carbonyl (C=O) groups is 1. The minimum Gasteiger partial charge on any atom is -0.372 e. The van der Waals surface area contributed by atoms with Crippen LogP contribution in [0.2, 0.25) is 0 Å². The molecule has 1 amide bonds. The molecule has 2 saturated heterocycles. The molecule has 0 spiro atoms. The highest BCUT2D eigenvalue weighted by Gasteiger charge is 2.28. The molecule has 0 saturated carbocycles. The van der Waals surface area contributed by atoms with Gasteiger partial charge >= 0.3 is 0 Å². The number of hydrogen-bond donors (Lipinski definition) is 0. The van der Waals surface area contributed by atoms with Crippen LogP contribution in [0.3, 0.4) is 0 Å². The van der Waals surface area contributed by atoms with Gasteiger partial charge in [-0.3, -0.25) is 4.79 Å². The van der Waals surface area contributed by atoms with Crippen LogP contribution >= 0.6 is 11.3 Å². The zero-order chi connectivity index (χ0) is 21.5. The van der Waals surface area contributed by atoms with Gasteiger partial charge < -0.3 is 19.1 Å². The standard InChI is InChI=1S/C23H28N4O3S/c1-14-6-8-26(9-7-14)17-4-5-18-19(10-17)30-25-21(18)22-24-11-20(31-22)23(28)27-12-15(2)29-16(3)13-27/h4-5,10-11,14-16H,6-9,12-13H2,1-3H3. The number of carbonyl (C=O) groups excluding carboxylic acids is 1. The first-order valence-corrected chi connectivity index (χ1v) is 11.8. The summed E-state index contributed by atoms with van der Waals surface area (Å²) >= 11 is 1.37. The highest BCUT2D eigenvalue weighted by atomic mass is 32.1. The second-order valence-corrected chi connectivity index (χ2v) is 9.91. The van der Waals surface area contributed by atoms with Gasteiger partial charge in [0.2, 0.25) is 0 Å². The Morgan fingerprint density at radius 3 is 2.61 bits per heavy atom. The number of ether oxygens (including phenoxy) is 1. The van der Waals surface area contributed by atoms with Crippen molar-refractivity contribution in [2.75, 3.05) is 31.1 Å². The van der Waals surface area contributed by atoms with E-state index in [1.54, 1.807) is 6.20 Å². The van der Waals surface area contributed by atoms with Gasteiger partial charge in [0.1, 0.15) is 15.6 Å². The molecule has 8 heteroatoms. The molecule has 0 bridgehead atoms. The first-order valence-electron chi connectivity index (χ1n) is 11.0. The van der Waals surface area contributed by atoms with Crippen LogP contribution in [-0.2, 0) is 4.74 Å². The van der Waals surface area contributed by atoms with E-state index in [1.165, 1.54) is 29.9 Å². The Hall–Kier alpha value is -2.45. The van der Waals surface area contributed by atoms with E-state index < -0.39 is 0 Å². The van der Waals surface area contributed by atoms with E-state index in [4.69, 9.17) is 9.26 Å². The van der Waals surface area contributed by atoms with Crippen molar-refractivity contribution in [3.63, 3.8) is 0 Å². The van der Waals surface area contributed by atoms with Gasteiger partial charge in [-0.25, -0.2) is 4.98 Å². The molecular weight excluding hydrogens is 412 g/mol. The summed E-state index contributed by atoms with van der Waals surface area (Å²) in [6, 6.07) is 6.26. The molecule has 2 aromatic heterocycles. The summed E-state index contributed by atoms with van der Waals surface area (Å²) in [5.41, 5.74) is 2.62. The molecule has 1 aromatic carbocycles. The fourth-order valence-corrected chi connectivity index (χ4v) is 5.41. The molecular formula is C23H28N4O3S. The van der Waals surface area contributed by atoms with E-state index in [0.29, 0.717) is 28.7 Å². The molecule has 2 aliphatic rings. The average molecular weight is 441 g/mol. The van der Waals surface area contributed by atoms with E-state index >= 15 is 0 Å². The van der Waals surface area contributed by atoms with Crippen molar-refractivity contribution in [1.29, 1.82) is 0 Å². The van der Waals surface area contributed by atoms with Gasteiger partial charge in [-0.2, -0.15) is 0 Å². The number of nitrogens with zero attached hydrogens (tertiary/aromatic N) is 4. The first-order chi connectivity index (χ1) is 15.0. The number of benzene rings is 1. The lowest BCUT2D eigenvalue weighted by molar-refractivity contribution is -0.0585. The van der Waals surface area contributed by atoms with Crippen LogP contribution in [0.25, 0.3) is 21.7 Å². The average Bonchev–Trinajstić information content (AvgIpc) is 3.39. The maximum Gasteiger partial charge on any atom is 0.265 e. The minimum absolute atomic E-state index is 0.000151. The van der Waals surface area contributed by atoms with E-state index in [9.17, 15) is 4.79 Å². The largest absolute Gasteiger partial charge is 0.372 e. The molecule has 2 atom stereocenters. The van der Waals surface area contributed by atoms with Gasteiger partial charge in [0.15, 0.2) is 5.58 Å². The van der Waals surface area contributed by atoms with Crippen molar-refractivity contribution >= 4 is 33.9 Å². The number of fused-ring (bicyclic) bond motifs is 1. The maximum absolute atomic E-state index is 13.0. The number of piperidine rings is 1. The Morgan fingerprint density at radius 1 is 1.13 bits per heavy atom. The second-order valence-electron chi connectivity index (χ2n) is 8.88. The second kappa shape index (κ2) is 8.24. The molecule has 2 aliphatic heterocycles. The summed E-state index contributed by atoms with van der Waals surface area (Å²) < 4.78 is 11.4. The SMILES string of the molecule is CC1CCN(c2ccc3c(-c4ncc(C(=O)N5CC(C)OC(C)C5)s4)noc3c2)CC1. The Kier molecular flexibility index (Phi) is 5.44. The monoisotopic (exact) mass is 440 g/mol. The third kappa shape index (κ3) is 4.06. The Balaban J connectivity index is 1.37. The quantitative estimate of drug-likeness (QED) is 0.600. The minimum atomic E-state index is 0.000151. The third-order valence-electron chi connectivity index (χ3n) is 6.23. The van der Waals surface area contributed by atoms with Crippen molar-refractivity contribution in [3.05, 3.63) is 29.3 Å². The highest BCUT2D eigenvalue weighted by Crippen LogP contribution is 2.34. The number of thiazole rings is 1. The number of amides is 1. The highest BCUT2D eigenvalue weighted by molar-refractivity contribution is 7.17. The molecule has 164 valence electrons. The maximum atomic E-state index is 13.0. The molecule has 4 heterocycles. The van der Waals surface area contributed by atoms with Crippen molar-refractivity contribution in [1.82, 2.24) is 15.0 Å². The van der Waals surface area contributed by atoms with E-state index in [0.717, 1.165) is 30.0 Å². The lowest BCUT2D eigenvalue weighted by Gasteiger charge is -2.34. The third-order valence-corrected chi connectivity index (χ3v) is 7.22. The van der Waals surface area contributed by atoms with Crippen LogP contribution in [0, 0.1) is 5.92 Å². The number of anilines is 1. The fourth-order valence-electron chi connectivity index (χ4n) is 4.53. The molecule has 2 unspecified atom stereocenters. The van der Waals surface area contributed by atoms with E-state index in [1.807, 2.05) is 18.7 Å². The number of aromatic nitrogens is 2. The van der Waals surface area contributed by atoms with Crippen LogP contribution in [0.15, 0.2) is 28.9 Å². The Labute approximate surface area is 186 Å². The molecule has 7 nitrogen and oxygen atoms in total. The van der Waals surface area contributed by atoms with Crippen molar-refractivity contribution in [2.45, 2.75) is 45.8 Å². The van der Waals surface area contributed by atoms with Crippen molar-refractivity contribution in [3.8, 4) is 10.7 Å². The number of rotatable bonds is 3. The smallest absolute Gasteiger partial charge is 0.265 e. The van der Waals surface area contributed by atoms with Crippen molar-refractivity contribution < 1.29 is 14.1 Å². The number of hydrogen-bond acceptors (Lipinski definition) is 7. The van der Waals surface area contributed by atoms with Crippen LogP contribution in [-0.4, -0.2) is 59.3 Å². The summed E-state index contributed by atoms with van der Waals surface area (Å²) in [4.78, 5) is 22.3. The predicted octanol–water partition coefficient (Wildman–Crippen LogP) is 4.44. The van der Waals surface area contributed by atoms with Crippen LogP contribution in [0.5, 0.6) is 0 Å². The first kappa shape index (κ1) is 20.5. The van der Waals surface area contributed by atoms with Crippen LogP contribution < -0.4 is 4.90 Å². The lowest BCUT2D eigenvalue weighted by Crippen LogP contribution is -2.48. The zero-order valence-electron chi connectivity index (χ0n) is 18.2. The van der Waals surface area contributed by atoms with E-state index in [-0.39, 0.29) is 18.1 Å². The van der Waals surface area contributed by atoms with Crippen LogP contribution in [0.4, 0.5) is 5.69 Å². The summed E-state index contributed by atoms with van der Waals surface area (Å²) in [7, 11) is 0. The van der Waals surface area contributed by atoms with Gasteiger partial charge in [0.05, 0.1) is 23.8 Å². The van der Waals surface area contributed by atoms with Crippen molar-refractivity contribution in [2.24, 2.45) is 5.92 Å². The summed E-state index contributed by atoms with van der Waals surface area (Å²) in [5.74, 6) is 0.794. The molecule has 0 radical (unpaired) electrons. The summed E-state index contributed by atoms with van der Waals surface area (Å²) in [5, 5.41) is 5.91. The van der Waals surface area contributed by atoms with Crippen LogP contribution in [0.1, 0.15) is 43.3 Å². The van der Waals surface area contributed by atoms with Gasteiger partial charge in [-0.05, 0) is 44.7 Å². The molecule has 0 aliphatic carbocycles. The molecule has 0 N–H and O–H groups in total. The topological polar surface area (TPSA) is 71.7 Å². The zero-order valence-corrected chi connectivity index (χ0v) is 19.0. The van der Waals surface area contributed by atoms with Gasteiger partial charge in [-0.1, -0.05) is 12.1 Å². The van der Waals surface area contributed by atoms with Gasteiger partial charge in [-0.15, -0.1) is 11.3 Å². The summed E-state index contributed by atoms with van der Waals surface area (Å²) in [6.45, 7) is 9.65. The van der Waals surface area contributed by atoms with E-state index in [2.05, 4.69) is 40.2 Å². The van der Waals surface area contributed by atoms with Gasteiger partial charge in [0, 0.05) is 37.9 Å².